The standard InChI is InChI=1S/C15H14N4O2S/c1-10-9-22-15(17-10)8-18(2)13-3-4-14(19(20)21)12-7-16-6-5-11(12)13/h3-7,9H,8H2,1-2H3. The number of pyridine rings is 1. The summed E-state index contributed by atoms with van der Waals surface area (Å²) in [4.78, 5) is 21.3. The third kappa shape index (κ3) is 2.62. The normalized spacial score (nSPS) is 10.8. The molecule has 0 aliphatic carbocycles. The number of anilines is 1. The SMILES string of the molecule is Cc1csc(CN(C)c2ccc([N+](=O)[O-])c3cnccc23)n1. The van der Waals surface area contributed by atoms with Crippen LogP contribution < -0.4 is 4.90 Å². The molecule has 0 N–H and O–H groups in total. The van der Waals surface area contributed by atoms with Crippen molar-refractivity contribution in [2.24, 2.45) is 0 Å². The van der Waals surface area contributed by atoms with E-state index in [0.717, 1.165) is 21.8 Å². The molecular formula is C15H14N4O2S. The fourth-order valence-corrected chi connectivity index (χ4v) is 3.24. The number of aromatic nitrogens is 2. The molecule has 0 atom stereocenters. The summed E-state index contributed by atoms with van der Waals surface area (Å²) in [5.41, 5.74) is 2.01. The monoisotopic (exact) mass is 314 g/mol. The lowest BCUT2D eigenvalue weighted by Gasteiger charge is -2.19. The first-order valence-electron chi connectivity index (χ1n) is 6.69. The molecule has 22 heavy (non-hydrogen) atoms. The van der Waals surface area contributed by atoms with Crippen LogP contribution >= 0.6 is 11.3 Å². The van der Waals surface area contributed by atoms with Crippen molar-refractivity contribution < 1.29 is 4.92 Å². The topological polar surface area (TPSA) is 72.2 Å². The van der Waals surface area contributed by atoms with E-state index >= 15 is 0 Å². The van der Waals surface area contributed by atoms with Crippen LogP contribution in [0.25, 0.3) is 10.8 Å². The van der Waals surface area contributed by atoms with Gasteiger partial charge in [0.15, 0.2) is 0 Å². The Morgan fingerprint density at radius 2 is 2.14 bits per heavy atom. The summed E-state index contributed by atoms with van der Waals surface area (Å²) in [5, 5.41) is 15.5. The number of nitro benzene ring substituents is 1. The molecule has 0 radical (unpaired) electrons. The number of hydrogen-bond donors (Lipinski definition) is 0. The van der Waals surface area contributed by atoms with E-state index < -0.39 is 0 Å². The molecule has 1 aromatic carbocycles. The Morgan fingerprint density at radius 3 is 2.82 bits per heavy atom. The number of aryl methyl sites for hydroxylation is 1. The van der Waals surface area contributed by atoms with Crippen molar-refractivity contribution in [1.29, 1.82) is 0 Å². The van der Waals surface area contributed by atoms with Crippen LogP contribution in [0.15, 0.2) is 36.0 Å². The summed E-state index contributed by atoms with van der Waals surface area (Å²) < 4.78 is 0. The molecule has 2 heterocycles. The molecule has 0 unspecified atom stereocenters. The zero-order valence-electron chi connectivity index (χ0n) is 12.2. The van der Waals surface area contributed by atoms with Gasteiger partial charge in [0.25, 0.3) is 5.69 Å². The van der Waals surface area contributed by atoms with Crippen LogP contribution in [0, 0.1) is 17.0 Å². The summed E-state index contributed by atoms with van der Waals surface area (Å²) in [6.45, 7) is 2.63. The number of nitrogens with zero attached hydrogens (tertiary/aromatic N) is 4. The maximum Gasteiger partial charge on any atom is 0.278 e. The summed E-state index contributed by atoms with van der Waals surface area (Å²) in [6.07, 6.45) is 3.19. The van der Waals surface area contributed by atoms with E-state index in [1.165, 1.54) is 6.07 Å². The van der Waals surface area contributed by atoms with E-state index in [1.807, 2.05) is 24.3 Å². The van der Waals surface area contributed by atoms with Gasteiger partial charge in [0, 0.05) is 47.7 Å². The van der Waals surface area contributed by atoms with E-state index in [-0.39, 0.29) is 10.6 Å². The van der Waals surface area contributed by atoms with Gasteiger partial charge < -0.3 is 4.90 Å². The van der Waals surface area contributed by atoms with Gasteiger partial charge in [-0.15, -0.1) is 11.3 Å². The number of hydrogen-bond acceptors (Lipinski definition) is 6. The predicted octanol–water partition coefficient (Wildman–Crippen LogP) is 3.54. The van der Waals surface area contributed by atoms with Crippen LogP contribution in [0.1, 0.15) is 10.7 Å². The van der Waals surface area contributed by atoms with E-state index in [2.05, 4.69) is 9.97 Å². The molecule has 0 saturated heterocycles. The molecule has 0 aliphatic heterocycles. The second-order valence-electron chi connectivity index (χ2n) is 5.02. The van der Waals surface area contributed by atoms with Crippen molar-refractivity contribution in [2.75, 3.05) is 11.9 Å². The van der Waals surface area contributed by atoms with Crippen LogP contribution in [0.5, 0.6) is 0 Å². The van der Waals surface area contributed by atoms with Gasteiger partial charge in [-0.3, -0.25) is 15.1 Å². The third-order valence-electron chi connectivity index (χ3n) is 3.42. The number of thiazole rings is 1. The van der Waals surface area contributed by atoms with Gasteiger partial charge in [0.2, 0.25) is 0 Å². The molecule has 0 saturated carbocycles. The summed E-state index contributed by atoms with van der Waals surface area (Å²) >= 11 is 1.61. The average molecular weight is 314 g/mol. The molecule has 3 aromatic rings. The van der Waals surface area contributed by atoms with Gasteiger partial charge in [-0.25, -0.2) is 4.98 Å². The maximum absolute atomic E-state index is 11.1. The van der Waals surface area contributed by atoms with Crippen molar-refractivity contribution in [3.8, 4) is 0 Å². The minimum absolute atomic E-state index is 0.0744. The highest BCUT2D eigenvalue weighted by Gasteiger charge is 2.16. The van der Waals surface area contributed by atoms with Crippen LogP contribution in [0.4, 0.5) is 11.4 Å². The Morgan fingerprint density at radius 1 is 1.32 bits per heavy atom. The smallest absolute Gasteiger partial charge is 0.278 e. The third-order valence-corrected chi connectivity index (χ3v) is 4.37. The number of nitro groups is 1. The van der Waals surface area contributed by atoms with E-state index in [9.17, 15) is 10.1 Å². The Kier molecular flexibility index (Phi) is 3.72. The molecule has 2 aromatic heterocycles. The lowest BCUT2D eigenvalue weighted by Crippen LogP contribution is -2.16. The minimum Gasteiger partial charge on any atom is -0.367 e. The average Bonchev–Trinajstić information content (AvgIpc) is 2.90. The van der Waals surface area contributed by atoms with Crippen LogP contribution in [0.2, 0.25) is 0 Å². The van der Waals surface area contributed by atoms with Gasteiger partial charge >= 0.3 is 0 Å². The molecule has 112 valence electrons. The highest BCUT2D eigenvalue weighted by atomic mass is 32.1. The first kappa shape index (κ1) is 14.4. The fourth-order valence-electron chi connectivity index (χ4n) is 2.41. The van der Waals surface area contributed by atoms with Gasteiger partial charge in [-0.05, 0) is 19.1 Å². The highest BCUT2D eigenvalue weighted by molar-refractivity contribution is 7.09. The lowest BCUT2D eigenvalue weighted by atomic mass is 10.1. The number of benzene rings is 1. The van der Waals surface area contributed by atoms with Gasteiger partial charge in [-0.1, -0.05) is 0 Å². The lowest BCUT2D eigenvalue weighted by molar-refractivity contribution is -0.383. The van der Waals surface area contributed by atoms with Gasteiger partial charge in [-0.2, -0.15) is 0 Å². The molecule has 0 aliphatic rings. The Bertz CT molecular complexity index is 846. The predicted molar refractivity (Wildman–Crippen MR) is 87.4 cm³/mol. The van der Waals surface area contributed by atoms with Crippen molar-refractivity contribution in [1.82, 2.24) is 9.97 Å². The Labute approximate surface area is 131 Å². The maximum atomic E-state index is 11.1. The second kappa shape index (κ2) is 5.69. The quantitative estimate of drug-likeness (QED) is 0.544. The number of rotatable bonds is 4. The first-order valence-corrected chi connectivity index (χ1v) is 7.57. The molecule has 0 amide bonds. The van der Waals surface area contributed by atoms with Gasteiger partial charge in [0.1, 0.15) is 5.01 Å². The molecule has 0 spiro atoms. The van der Waals surface area contributed by atoms with E-state index in [4.69, 9.17) is 0 Å². The molecule has 6 nitrogen and oxygen atoms in total. The Balaban J connectivity index is 2.03. The molecule has 0 fully saturated rings. The summed E-state index contributed by atoms with van der Waals surface area (Å²) in [7, 11) is 1.96. The van der Waals surface area contributed by atoms with Gasteiger partial charge in [0.05, 0.1) is 16.9 Å². The number of fused-ring (bicyclic) bond motifs is 1. The zero-order chi connectivity index (χ0) is 15.7. The van der Waals surface area contributed by atoms with E-state index in [1.54, 1.807) is 35.9 Å². The molecule has 7 heteroatoms. The first-order chi connectivity index (χ1) is 10.6. The van der Waals surface area contributed by atoms with Crippen LogP contribution in [0.3, 0.4) is 0 Å². The number of non-ortho nitro benzene ring substituents is 1. The largest absolute Gasteiger partial charge is 0.367 e. The Hall–Kier alpha value is -2.54. The van der Waals surface area contributed by atoms with Crippen molar-refractivity contribution >= 4 is 33.5 Å². The zero-order valence-corrected chi connectivity index (χ0v) is 13.0. The minimum atomic E-state index is -0.377. The van der Waals surface area contributed by atoms with Crippen LogP contribution in [-0.4, -0.2) is 21.9 Å². The summed E-state index contributed by atoms with van der Waals surface area (Å²) in [6, 6.07) is 5.12. The van der Waals surface area contributed by atoms with Crippen LogP contribution in [-0.2, 0) is 6.54 Å². The molecule has 0 bridgehead atoms. The fraction of sp³-hybridized carbons (Fsp3) is 0.200. The summed E-state index contributed by atoms with van der Waals surface area (Å²) in [5.74, 6) is 0. The highest BCUT2D eigenvalue weighted by Crippen LogP contribution is 2.33. The molecular weight excluding hydrogens is 300 g/mol. The van der Waals surface area contributed by atoms with Crippen molar-refractivity contribution in [2.45, 2.75) is 13.5 Å². The van der Waals surface area contributed by atoms with E-state index in [0.29, 0.717) is 11.9 Å². The van der Waals surface area contributed by atoms with Crippen molar-refractivity contribution in [3.63, 3.8) is 0 Å². The van der Waals surface area contributed by atoms with Crippen molar-refractivity contribution in [3.05, 3.63) is 56.8 Å². The molecule has 3 rings (SSSR count). The second-order valence-corrected chi connectivity index (χ2v) is 5.96.